The second-order valence-electron chi connectivity index (χ2n) is 6.28. The van der Waals surface area contributed by atoms with E-state index in [4.69, 9.17) is 10.00 Å². The third-order valence-corrected chi connectivity index (χ3v) is 4.92. The Morgan fingerprint density at radius 3 is 2.57 bits per heavy atom. The first-order valence-electron chi connectivity index (χ1n) is 9.23. The van der Waals surface area contributed by atoms with E-state index >= 15 is 0 Å². The molecule has 2 aromatic rings. The topological polar surface area (TPSA) is 125 Å². The maximum atomic E-state index is 12.1. The van der Waals surface area contributed by atoms with Crippen LogP contribution in [0.25, 0.3) is 0 Å². The van der Waals surface area contributed by atoms with Crippen molar-refractivity contribution in [1.82, 2.24) is 5.32 Å². The molecule has 1 unspecified atom stereocenters. The Morgan fingerprint density at radius 1 is 1.10 bits per heavy atom. The van der Waals surface area contributed by atoms with E-state index in [1.807, 2.05) is 6.07 Å². The van der Waals surface area contributed by atoms with Crippen molar-refractivity contribution in [2.75, 3.05) is 11.9 Å². The third kappa shape index (κ3) is 7.14. The summed E-state index contributed by atoms with van der Waals surface area (Å²) in [6, 6.07) is 11.9. The average Bonchev–Trinajstić information content (AvgIpc) is 3.27. The maximum absolute atomic E-state index is 12.1. The van der Waals surface area contributed by atoms with E-state index in [1.54, 1.807) is 41.8 Å². The molecule has 0 aliphatic rings. The van der Waals surface area contributed by atoms with Crippen LogP contribution in [0.3, 0.4) is 0 Å². The lowest BCUT2D eigenvalue weighted by atomic mass is 10.2. The zero-order valence-corrected chi connectivity index (χ0v) is 17.2. The summed E-state index contributed by atoms with van der Waals surface area (Å²) in [6.07, 6.45) is -1.05. The number of thiophene rings is 1. The molecule has 0 spiro atoms. The van der Waals surface area contributed by atoms with Crippen LogP contribution in [0.5, 0.6) is 0 Å². The van der Waals surface area contributed by atoms with Crippen LogP contribution in [0.2, 0.25) is 0 Å². The quantitative estimate of drug-likeness (QED) is 0.444. The van der Waals surface area contributed by atoms with Crippen molar-refractivity contribution >= 4 is 40.6 Å². The van der Waals surface area contributed by atoms with Crippen molar-refractivity contribution in [3.63, 3.8) is 0 Å². The van der Waals surface area contributed by atoms with Crippen LogP contribution >= 0.6 is 11.3 Å². The molecule has 0 saturated carbocycles. The summed E-state index contributed by atoms with van der Waals surface area (Å²) < 4.78 is 5.05. The van der Waals surface area contributed by atoms with Gasteiger partial charge in [0.2, 0.25) is 5.91 Å². The molecule has 1 aromatic carbocycles. The summed E-state index contributed by atoms with van der Waals surface area (Å²) in [5.41, 5.74) is 0.627. The molecule has 0 fully saturated rings. The van der Waals surface area contributed by atoms with Crippen LogP contribution in [-0.2, 0) is 19.1 Å². The predicted octanol–water partition coefficient (Wildman–Crippen LogP) is 2.66. The van der Waals surface area contributed by atoms with Gasteiger partial charge in [0.25, 0.3) is 5.91 Å². The molecule has 2 N–H and O–H groups in total. The van der Waals surface area contributed by atoms with Crippen molar-refractivity contribution in [2.45, 2.75) is 32.3 Å². The number of para-hydroxylation sites is 1. The van der Waals surface area contributed by atoms with Crippen LogP contribution in [0.1, 0.15) is 41.4 Å². The fraction of sp³-hybridized carbons (Fsp3) is 0.286. The number of hydrogen-bond donors (Lipinski definition) is 2. The third-order valence-electron chi connectivity index (χ3n) is 4.01. The first kappa shape index (κ1) is 22.8. The summed E-state index contributed by atoms with van der Waals surface area (Å²) in [6.45, 7) is 1.45. The number of rotatable bonds is 10. The highest BCUT2D eigenvalue weighted by Gasteiger charge is 2.19. The molecule has 0 aliphatic carbocycles. The van der Waals surface area contributed by atoms with E-state index < -0.39 is 18.0 Å². The van der Waals surface area contributed by atoms with Crippen LogP contribution < -0.4 is 10.6 Å². The molecule has 2 rings (SSSR count). The van der Waals surface area contributed by atoms with Crippen molar-refractivity contribution < 1.29 is 23.9 Å². The number of benzene rings is 1. The Hall–Kier alpha value is -3.51. The van der Waals surface area contributed by atoms with Gasteiger partial charge in [0.1, 0.15) is 6.07 Å². The average molecular weight is 427 g/mol. The standard InChI is InChI=1S/C21H21N3O5S/c1-14(21(28)24-16-6-3-2-5-15(16)13-22)29-20(27)10-11-23-19(26)9-8-17(25)18-7-4-12-30-18/h2-7,12,14H,8-11H2,1H3,(H,23,26)(H,24,28). The molecule has 0 radical (unpaired) electrons. The highest BCUT2D eigenvalue weighted by Crippen LogP contribution is 2.14. The minimum absolute atomic E-state index is 0.0306. The van der Waals surface area contributed by atoms with E-state index in [9.17, 15) is 19.2 Å². The lowest BCUT2D eigenvalue weighted by Gasteiger charge is -2.14. The number of nitrogens with zero attached hydrogens (tertiary/aromatic N) is 1. The largest absolute Gasteiger partial charge is 0.452 e. The second kappa shape index (κ2) is 11.5. The van der Waals surface area contributed by atoms with E-state index in [0.29, 0.717) is 16.1 Å². The lowest BCUT2D eigenvalue weighted by molar-refractivity contribution is -0.153. The fourth-order valence-electron chi connectivity index (χ4n) is 2.41. The van der Waals surface area contributed by atoms with Gasteiger partial charge in [-0.2, -0.15) is 5.26 Å². The summed E-state index contributed by atoms with van der Waals surface area (Å²) in [7, 11) is 0. The highest BCUT2D eigenvalue weighted by atomic mass is 32.1. The van der Waals surface area contributed by atoms with Gasteiger partial charge in [-0.3, -0.25) is 19.2 Å². The molecule has 2 amide bonds. The summed E-state index contributed by atoms with van der Waals surface area (Å²) >= 11 is 1.32. The van der Waals surface area contributed by atoms with Gasteiger partial charge in [-0.15, -0.1) is 11.3 Å². The number of hydrogen-bond acceptors (Lipinski definition) is 7. The number of ketones is 1. The van der Waals surface area contributed by atoms with Crippen molar-refractivity contribution in [1.29, 1.82) is 5.26 Å². The first-order valence-corrected chi connectivity index (χ1v) is 10.1. The SMILES string of the molecule is CC(OC(=O)CCNC(=O)CCC(=O)c1cccs1)C(=O)Nc1ccccc1C#N. The lowest BCUT2D eigenvalue weighted by Crippen LogP contribution is -2.32. The number of ether oxygens (including phenoxy) is 1. The van der Waals surface area contributed by atoms with Crippen LogP contribution in [0.15, 0.2) is 41.8 Å². The normalized spacial score (nSPS) is 11.1. The second-order valence-corrected chi connectivity index (χ2v) is 7.23. The van der Waals surface area contributed by atoms with Crippen molar-refractivity contribution in [3.8, 4) is 6.07 Å². The Morgan fingerprint density at radius 2 is 1.87 bits per heavy atom. The van der Waals surface area contributed by atoms with Gasteiger partial charge in [0, 0.05) is 19.4 Å². The van der Waals surface area contributed by atoms with Gasteiger partial charge >= 0.3 is 5.97 Å². The zero-order chi connectivity index (χ0) is 21.9. The van der Waals surface area contributed by atoms with E-state index in [1.165, 1.54) is 18.3 Å². The molecule has 1 heterocycles. The minimum Gasteiger partial charge on any atom is -0.452 e. The Labute approximate surface area is 177 Å². The summed E-state index contributed by atoms with van der Waals surface area (Å²) in [5, 5.41) is 15.9. The summed E-state index contributed by atoms with van der Waals surface area (Å²) in [4.78, 5) is 48.3. The molecule has 0 bridgehead atoms. The molecule has 9 heteroatoms. The number of anilines is 1. The van der Waals surface area contributed by atoms with Gasteiger partial charge < -0.3 is 15.4 Å². The molecule has 1 atom stereocenters. The minimum atomic E-state index is -1.07. The van der Waals surface area contributed by atoms with Crippen molar-refractivity contribution in [2.24, 2.45) is 0 Å². The maximum Gasteiger partial charge on any atom is 0.308 e. The zero-order valence-electron chi connectivity index (χ0n) is 16.3. The van der Waals surface area contributed by atoms with Gasteiger partial charge in [-0.25, -0.2) is 0 Å². The molecule has 1 aromatic heterocycles. The van der Waals surface area contributed by atoms with Gasteiger partial charge in [-0.1, -0.05) is 18.2 Å². The molecular formula is C21H21N3O5S. The molecular weight excluding hydrogens is 406 g/mol. The van der Waals surface area contributed by atoms with Crippen molar-refractivity contribution in [3.05, 3.63) is 52.2 Å². The molecule has 8 nitrogen and oxygen atoms in total. The smallest absolute Gasteiger partial charge is 0.308 e. The monoisotopic (exact) mass is 427 g/mol. The van der Waals surface area contributed by atoms with Crippen LogP contribution in [-0.4, -0.2) is 36.2 Å². The summed E-state index contributed by atoms with van der Waals surface area (Å²) in [5.74, 6) is -1.66. The van der Waals surface area contributed by atoms with Crippen LogP contribution in [0.4, 0.5) is 5.69 Å². The Bertz CT molecular complexity index is 950. The van der Waals surface area contributed by atoms with E-state index in [-0.39, 0.29) is 37.5 Å². The van der Waals surface area contributed by atoms with Gasteiger partial charge in [0.05, 0.1) is 22.5 Å². The number of Topliss-reactive ketones (excluding diaryl/α,β-unsaturated/α-hetero) is 1. The Kier molecular flexibility index (Phi) is 8.72. The Balaban J connectivity index is 1.67. The number of esters is 1. The van der Waals surface area contributed by atoms with Gasteiger partial charge in [-0.05, 0) is 30.5 Å². The first-order chi connectivity index (χ1) is 14.4. The number of carbonyl (C=O) groups excluding carboxylic acids is 4. The number of carbonyl (C=O) groups is 4. The molecule has 0 saturated heterocycles. The predicted molar refractivity (Wildman–Crippen MR) is 111 cm³/mol. The molecule has 156 valence electrons. The molecule has 0 aliphatic heterocycles. The van der Waals surface area contributed by atoms with Crippen LogP contribution in [0, 0.1) is 11.3 Å². The fourth-order valence-corrected chi connectivity index (χ4v) is 3.11. The highest BCUT2D eigenvalue weighted by molar-refractivity contribution is 7.12. The number of amides is 2. The van der Waals surface area contributed by atoms with E-state index in [2.05, 4.69) is 10.6 Å². The number of nitriles is 1. The number of nitrogens with one attached hydrogen (secondary N) is 2. The van der Waals surface area contributed by atoms with E-state index in [0.717, 1.165) is 0 Å². The van der Waals surface area contributed by atoms with Gasteiger partial charge in [0.15, 0.2) is 11.9 Å². The molecule has 30 heavy (non-hydrogen) atoms.